The van der Waals surface area contributed by atoms with Crippen LogP contribution in [0.5, 0.6) is 0 Å². The third-order valence-corrected chi connectivity index (χ3v) is 3.49. The molecular formula is C20H16N2O2. The van der Waals surface area contributed by atoms with Gasteiger partial charge in [-0.3, -0.25) is 4.79 Å². The van der Waals surface area contributed by atoms with Gasteiger partial charge in [-0.25, -0.2) is 4.79 Å². The molecule has 2 N–H and O–H groups in total. The van der Waals surface area contributed by atoms with E-state index < -0.39 is 6.03 Å². The lowest BCUT2D eigenvalue weighted by molar-refractivity contribution is 0.103. The van der Waals surface area contributed by atoms with Crippen LogP contribution in [0.2, 0.25) is 0 Å². The number of urea groups is 1. The maximum Gasteiger partial charge on any atom is 0.323 e. The fourth-order valence-electron chi connectivity index (χ4n) is 2.34. The monoisotopic (exact) mass is 316 g/mol. The second-order valence-electron chi connectivity index (χ2n) is 5.19. The summed E-state index contributed by atoms with van der Waals surface area (Å²) in [4.78, 5) is 24.8. The fraction of sp³-hybridized carbons (Fsp3) is 0. The number of carbonyl (C=O) groups excluding carboxylic acids is 2. The Morgan fingerprint density at radius 2 is 1.21 bits per heavy atom. The topological polar surface area (TPSA) is 58.2 Å². The first-order valence-electron chi connectivity index (χ1n) is 7.56. The normalized spacial score (nSPS) is 10.0. The lowest BCUT2D eigenvalue weighted by Crippen LogP contribution is -2.21. The Hall–Kier alpha value is -3.40. The van der Waals surface area contributed by atoms with Gasteiger partial charge in [0, 0.05) is 16.8 Å². The predicted molar refractivity (Wildman–Crippen MR) is 95.4 cm³/mol. The van der Waals surface area contributed by atoms with Gasteiger partial charge in [-0.2, -0.15) is 0 Å². The van der Waals surface area contributed by atoms with Crippen LogP contribution in [0.25, 0.3) is 0 Å². The van der Waals surface area contributed by atoms with Crippen molar-refractivity contribution in [2.24, 2.45) is 0 Å². The van der Waals surface area contributed by atoms with Gasteiger partial charge in [0.1, 0.15) is 0 Å². The maximum absolute atomic E-state index is 12.6. The van der Waals surface area contributed by atoms with Gasteiger partial charge in [0.05, 0.1) is 5.69 Å². The van der Waals surface area contributed by atoms with Crippen LogP contribution < -0.4 is 10.6 Å². The zero-order valence-corrected chi connectivity index (χ0v) is 12.9. The summed E-state index contributed by atoms with van der Waals surface area (Å²) in [6.07, 6.45) is 0. The molecule has 0 aromatic heterocycles. The average molecular weight is 316 g/mol. The van der Waals surface area contributed by atoms with Crippen molar-refractivity contribution in [1.29, 1.82) is 0 Å². The molecule has 118 valence electrons. The minimum absolute atomic E-state index is 0.133. The van der Waals surface area contributed by atoms with Crippen molar-refractivity contribution < 1.29 is 9.59 Å². The van der Waals surface area contributed by atoms with Crippen LogP contribution in [0.3, 0.4) is 0 Å². The quantitative estimate of drug-likeness (QED) is 0.693. The number of rotatable bonds is 4. The lowest BCUT2D eigenvalue weighted by Gasteiger charge is -2.11. The van der Waals surface area contributed by atoms with Gasteiger partial charge >= 0.3 is 6.03 Å². The highest BCUT2D eigenvalue weighted by Gasteiger charge is 2.14. The van der Waals surface area contributed by atoms with E-state index in [-0.39, 0.29) is 5.78 Å². The van der Waals surface area contributed by atoms with Crippen molar-refractivity contribution in [3.8, 4) is 0 Å². The SMILES string of the molecule is O=C(Nc1ccccc1)Nc1ccccc1C(=O)c1ccccc1. The summed E-state index contributed by atoms with van der Waals surface area (Å²) < 4.78 is 0. The summed E-state index contributed by atoms with van der Waals surface area (Å²) in [5.41, 5.74) is 2.18. The van der Waals surface area contributed by atoms with E-state index >= 15 is 0 Å². The van der Waals surface area contributed by atoms with E-state index in [1.807, 2.05) is 36.4 Å². The molecule has 0 unspecified atom stereocenters. The molecule has 0 bridgehead atoms. The van der Waals surface area contributed by atoms with Crippen LogP contribution in [0, 0.1) is 0 Å². The zero-order valence-electron chi connectivity index (χ0n) is 12.9. The van der Waals surface area contributed by atoms with Crippen LogP contribution in [0.4, 0.5) is 16.2 Å². The fourth-order valence-corrected chi connectivity index (χ4v) is 2.34. The third-order valence-electron chi connectivity index (χ3n) is 3.49. The Morgan fingerprint density at radius 3 is 1.92 bits per heavy atom. The van der Waals surface area contributed by atoms with E-state index in [9.17, 15) is 9.59 Å². The second-order valence-corrected chi connectivity index (χ2v) is 5.19. The van der Waals surface area contributed by atoms with Crippen molar-refractivity contribution in [3.63, 3.8) is 0 Å². The number of nitrogens with one attached hydrogen (secondary N) is 2. The number of amides is 2. The van der Waals surface area contributed by atoms with E-state index in [2.05, 4.69) is 10.6 Å². The van der Waals surface area contributed by atoms with Gasteiger partial charge in [-0.1, -0.05) is 60.7 Å². The minimum Gasteiger partial charge on any atom is -0.308 e. The highest BCUT2D eigenvalue weighted by molar-refractivity contribution is 6.14. The molecule has 3 rings (SSSR count). The molecule has 0 aliphatic heterocycles. The lowest BCUT2D eigenvalue weighted by atomic mass is 10.0. The standard InChI is InChI=1S/C20H16N2O2/c23-19(15-9-3-1-4-10-15)17-13-7-8-14-18(17)22-20(24)21-16-11-5-2-6-12-16/h1-14H,(H2,21,22,24). The minimum atomic E-state index is -0.394. The van der Waals surface area contributed by atoms with Gasteiger partial charge in [0.25, 0.3) is 0 Å². The summed E-state index contributed by atoms with van der Waals surface area (Å²) in [5, 5.41) is 5.47. The molecule has 4 heteroatoms. The van der Waals surface area contributed by atoms with E-state index in [0.29, 0.717) is 22.5 Å². The Labute approximate surface area is 140 Å². The molecule has 0 saturated carbocycles. The zero-order chi connectivity index (χ0) is 16.8. The average Bonchev–Trinajstić information content (AvgIpc) is 2.63. The van der Waals surface area contributed by atoms with Gasteiger partial charge < -0.3 is 10.6 Å². The molecule has 0 radical (unpaired) electrons. The van der Waals surface area contributed by atoms with Gasteiger partial charge in [-0.15, -0.1) is 0 Å². The summed E-state index contributed by atoms with van der Waals surface area (Å²) in [5.74, 6) is -0.133. The third kappa shape index (κ3) is 3.67. The smallest absolute Gasteiger partial charge is 0.308 e. The van der Waals surface area contributed by atoms with E-state index in [1.54, 1.807) is 48.5 Å². The van der Waals surface area contributed by atoms with Crippen molar-refractivity contribution >= 4 is 23.2 Å². The first kappa shape index (κ1) is 15.5. The number of carbonyl (C=O) groups is 2. The summed E-state index contributed by atoms with van der Waals surface area (Å²) >= 11 is 0. The van der Waals surface area contributed by atoms with Crippen LogP contribution in [0.1, 0.15) is 15.9 Å². The van der Waals surface area contributed by atoms with E-state index in [0.717, 1.165) is 0 Å². The highest BCUT2D eigenvalue weighted by atomic mass is 16.2. The number of hydrogen-bond acceptors (Lipinski definition) is 2. The number of para-hydroxylation sites is 2. The predicted octanol–water partition coefficient (Wildman–Crippen LogP) is 4.56. The maximum atomic E-state index is 12.6. The van der Waals surface area contributed by atoms with Crippen molar-refractivity contribution in [1.82, 2.24) is 0 Å². The molecule has 0 atom stereocenters. The molecule has 3 aromatic rings. The van der Waals surface area contributed by atoms with E-state index in [1.165, 1.54) is 0 Å². The van der Waals surface area contributed by atoms with Crippen molar-refractivity contribution in [2.45, 2.75) is 0 Å². The number of hydrogen-bond donors (Lipinski definition) is 2. The molecule has 2 amide bonds. The molecular weight excluding hydrogens is 300 g/mol. The number of ketones is 1. The Kier molecular flexibility index (Phi) is 4.68. The molecule has 0 aliphatic carbocycles. The molecule has 4 nitrogen and oxygen atoms in total. The van der Waals surface area contributed by atoms with Crippen molar-refractivity contribution in [2.75, 3.05) is 10.6 Å². The van der Waals surface area contributed by atoms with Crippen LogP contribution >= 0.6 is 0 Å². The Balaban J connectivity index is 1.79. The molecule has 0 aliphatic rings. The second kappa shape index (κ2) is 7.24. The molecule has 0 fully saturated rings. The Morgan fingerprint density at radius 1 is 0.625 bits per heavy atom. The molecule has 0 heterocycles. The number of anilines is 2. The summed E-state index contributed by atoms with van der Waals surface area (Å²) in [6.45, 7) is 0. The van der Waals surface area contributed by atoms with Crippen LogP contribution in [-0.2, 0) is 0 Å². The molecule has 3 aromatic carbocycles. The summed E-state index contributed by atoms with van der Waals surface area (Å²) in [6, 6.07) is 24.7. The van der Waals surface area contributed by atoms with E-state index in [4.69, 9.17) is 0 Å². The number of benzene rings is 3. The van der Waals surface area contributed by atoms with Gasteiger partial charge in [-0.05, 0) is 24.3 Å². The van der Waals surface area contributed by atoms with Gasteiger partial charge in [0.15, 0.2) is 5.78 Å². The summed E-state index contributed by atoms with van der Waals surface area (Å²) in [7, 11) is 0. The highest BCUT2D eigenvalue weighted by Crippen LogP contribution is 2.19. The first-order valence-corrected chi connectivity index (χ1v) is 7.56. The molecule has 0 spiro atoms. The first-order chi connectivity index (χ1) is 11.7. The largest absolute Gasteiger partial charge is 0.323 e. The van der Waals surface area contributed by atoms with Crippen LogP contribution in [0.15, 0.2) is 84.9 Å². The molecule has 24 heavy (non-hydrogen) atoms. The van der Waals surface area contributed by atoms with Gasteiger partial charge in [0.2, 0.25) is 0 Å². The molecule has 0 saturated heterocycles. The van der Waals surface area contributed by atoms with Crippen molar-refractivity contribution in [3.05, 3.63) is 96.1 Å². The Bertz CT molecular complexity index is 846. The van der Waals surface area contributed by atoms with Crippen LogP contribution in [-0.4, -0.2) is 11.8 Å².